The largest absolute Gasteiger partial charge is 0.497 e. The molecule has 118 valence electrons. The first-order valence-electron chi connectivity index (χ1n) is 7.57. The number of diazo groups is 1. The molecule has 0 radical (unpaired) electrons. The zero-order valence-electron chi connectivity index (χ0n) is 13.5. The first kappa shape index (κ1) is 15.2. The number of carbonyl (C=O) groups excluding carboxylic acids is 1. The molecule has 1 unspecified atom stereocenters. The second-order valence-electron chi connectivity index (χ2n) is 6.51. The molecule has 0 aliphatic heterocycles. The Bertz CT molecular complexity index is 801. The molecule has 1 aromatic carbocycles. The zero-order chi connectivity index (χ0) is 16.6. The van der Waals surface area contributed by atoms with Gasteiger partial charge < -0.3 is 4.74 Å². The van der Waals surface area contributed by atoms with Crippen molar-refractivity contribution in [1.82, 2.24) is 9.55 Å². The van der Waals surface area contributed by atoms with Crippen LogP contribution in [0.3, 0.4) is 0 Å². The second kappa shape index (κ2) is 5.51. The summed E-state index contributed by atoms with van der Waals surface area (Å²) in [7, 11) is 1.31. The van der Waals surface area contributed by atoms with Crippen LogP contribution >= 0.6 is 0 Å². The number of nitrogens with zero attached hydrogens (tertiary/aromatic N) is 4. The summed E-state index contributed by atoms with van der Waals surface area (Å²) in [4.78, 5) is 19.4. The summed E-state index contributed by atoms with van der Waals surface area (Å²) in [5.74, 6) is -0.579. The van der Waals surface area contributed by atoms with Crippen LogP contribution in [0.1, 0.15) is 47.9 Å². The Morgan fingerprint density at radius 3 is 2.87 bits per heavy atom. The Morgan fingerprint density at radius 2 is 2.17 bits per heavy atom. The lowest BCUT2D eigenvalue weighted by Gasteiger charge is -2.40. The molecule has 3 rings (SSSR count). The highest BCUT2D eigenvalue weighted by Gasteiger charge is 2.42. The van der Waals surface area contributed by atoms with E-state index in [1.807, 2.05) is 12.1 Å². The lowest BCUT2D eigenvalue weighted by Crippen LogP contribution is -2.34. The number of aromatic nitrogens is 2. The first-order valence-corrected chi connectivity index (χ1v) is 7.57. The molecule has 23 heavy (non-hydrogen) atoms. The number of carbonyl (C=O) groups is 1. The third-order valence-corrected chi connectivity index (χ3v) is 4.65. The number of benzene rings is 1. The Hall–Kier alpha value is -2.68. The molecule has 1 aliphatic rings. The van der Waals surface area contributed by atoms with Crippen molar-refractivity contribution in [3.8, 4) is 0 Å². The average molecular weight is 311 g/mol. The molecule has 6 nitrogen and oxygen atoms in total. The van der Waals surface area contributed by atoms with E-state index >= 15 is 0 Å². The van der Waals surface area contributed by atoms with Crippen molar-refractivity contribution in [3.63, 3.8) is 0 Å². The standard InChI is InChI=1S/C17H19N4O2/c1-17(2)9-8-11-6-4-5-7-12(11)14(17)21-10-19-15(20-18)13(21)16(22)23-3/h4-7,10,14H,8-9H2,1-3H3/q+1. The van der Waals surface area contributed by atoms with Crippen molar-refractivity contribution in [2.75, 3.05) is 7.11 Å². The first-order chi connectivity index (χ1) is 11.0. The van der Waals surface area contributed by atoms with Crippen molar-refractivity contribution in [2.24, 2.45) is 5.41 Å². The summed E-state index contributed by atoms with van der Waals surface area (Å²) in [6.45, 7) is 4.34. The summed E-state index contributed by atoms with van der Waals surface area (Å²) >= 11 is 0. The highest BCUT2D eigenvalue weighted by Crippen LogP contribution is 2.47. The van der Waals surface area contributed by atoms with Crippen LogP contribution in [0.4, 0.5) is 5.82 Å². The van der Waals surface area contributed by atoms with Crippen molar-refractivity contribution in [1.29, 1.82) is 5.39 Å². The maximum atomic E-state index is 12.2. The Kier molecular flexibility index (Phi) is 3.64. The molecular weight excluding hydrogens is 292 g/mol. The van der Waals surface area contributed by atoms with E-state index in [1.54, 1.807) is 10.9 Å². The van der Waals surface area contributed by atoms with Crippen LogP contribution in [-0.4, -0.2) is 22.6 Å². The van der Waals surface area contributed by atoms with E-state index in [0.717, 1.165) is 18.4 Å². The Labute approximate surface area is 134 Å². The van der Waals surface area contributed by atoms with Crippen LogP contribution in [0.2, 0.25) is 0 Å². The summed E-state index contributed by atoms with van der Waals surface area (Å²) in [5.41, 5.74) is 2.52. The van der Waals surface area contributed by atoms with Gasteiger partial charge in [0.15, 0.2) is 0 Å². The van der Waals surface area contributed by atoms with Crippen LogP contribution < -0.4 is 0 Å². The van der Waals surface area contributed by atoms with Crippen LogP contribution in [0.5, 0.6) is 0 Å². The van der Waals surface area contributed by atoms with Gasteiger partial charge >= 0.3 is 11.8 Å². The minimum atomic E-state index is -0.561. The Morgan fingerprint density at radius 1 is 1.43 bits per heavy atom. The molecule has 1 heterocycles. The van der Waals surface area contributed by atoms with Gasteiger partial charge in [-0.1, -0.05) is 38.1 Å². The van der Waals surface area contributed by atoms with Gasteiger partial charge in [0.1, 0.15) is 0 Å². The Balaban J connectivity index is 2.23. The van der Waals surface area contributed by atoms with Gasteiger partial charge in [0.2, 0.25) is 12.0 Å². The number of hydrogen-bond acceptors (Lipinski definition) is 4. The van der Waals surface area contributed by atoms with Gasteiger partial charge in [-0.15, -0.1) is 0 Å². The summed E-state index contributed by atoms with van der Waals surface area (Å²) in [6, 6.07) is 8.14. The minimum Gasteiger partial charge on any atom is -0.464 e. The van der Waals surface area contributed by atoms with Gasteiger partial charge in [0, 0.05) is 4.98 Å². The fraction of sp³-hybridized carbons (Fsp3) is 0.412. The molecule has 1 atom stereocenters. The maximum absolute atomic E-state index is 12.2. The summed E-state index contributed by atoms with van der Waals surface area (Å²) in [5, 5.41) is 9.14. The van der Waals surface area contributed by atoms with Crippen molar-refractivity contribution >= 4 is 11.8 Å². The summed E-state index contributed by atoms with van der Waals surface area (Å²) in [6.07, 6.45) is 3.54. The van der Waals surface area contributed by atoms with E-state index in [0.29, 0.717) is 0 Å². The molecule has 2 aromatic rings. The van der Waals surface area contributed by atoms with E-state index in [-0.39, 0.29) is 23.0 Å². The molecule has 0 fully saturated rings. The van der Waals surface area contributed by atoms with Crippen LogP contribution in [0.15, 0.2) is 30.6 Å². The maximum Gasteiger partial charge on any atom is 0.497 e. The summed E-state index contributed by atoms with van der Waals surface area (Å²) < 4.78 is 6.63. The van der Waals surface area contributed by atoms with E-state index in [1.165, 1.54) is 12.7 Å². The number of hydrogen-bond donors (Lipinski definition) is 0. The fourth-order valence-electron chi connectivity index (χ4n) is 3.48. The van der Waals surface area contributed by atoms with Crippen LogP contribution in [0.25, 0.3) is 4.98 Å². The predicted molar refractivity (Wildman–Crippen MR) is 85.0 cm³/mol. The van der Waals surface area contributed by atoms with Gasteiger partial charge in [-0.05, 0) is 34.4 Å². The average Bonchev–Trinajstić information content (AvgIpc) is 2.96. The number of rotatable bonds is 2. The third-order valence-electron chi connectivity index (χ3n) is 4.65. The van der Waals surface area contributed by atoms with Crippen LogP contribution in [0, 0.1) is 10.8 Å². The van der Waals surface area contributed by atoms with Gasteiger partial charge in [-0.3, -0.25) is 4.57 Å². The van der Waals surface area contributed by atoms with E-state index in [9.17, 15) is 4.79 Å². The zero-order valence-corrected chi connectivity index (χ0v) is 13.5. The van der Waals surface area contributed by atoms with E-state index < -0.39 is 5.97 Å². The second-order valence-corrected chi connectivity index (χ2v) is 6.51. The number of ether oxygens (including phenoxy) is 1. The van der Waals surface area contributed by atoms with Gasteiger partial charge in [-0.25, -0.2) is 4.79 Å². The number of aryl methyl sites for hydroxylation is 1. The van der Waals surface area contributed by atoms with Crippen molar-refractivity contribution in [3.05, 3.63) is 52.4 Å². The molecule has 0 bridgehead atoms. The number of esters is 1. The number of methoxy groups -OCH3 is 1. The lowest BCUT2D eigenvalue weighted by atomic mass is 9.70. The van der Waals surface area contributed by atoms with Crippen LogP contribution in [-0.2, 0) is 11.2 Å². The number of imidazole rings is 1. The smallest absolute Gasteiger partial charge is 0.464 e. The number of fused-ring (bicyclic) bond motifs is 1. The van der Waals surface area contributed by atoms with Crippen molar-refractivity contribution in [2.45, 2.75) is 32.7 Å². The molecule has 0 spiro atoms. The fourth-order valence-corrected chi connectivity index (χ4v) is 3.48. The topological polar surface area (TPSA) is 72.3 Å². The SMILES string of the molecule is COC(=O)c1c([N+]#N)ncn1C1c2ccccc2CCC1(C)C. The highest BCUT2D eigenvalue weighted by molar-refractivity contribution is 5.93. The van der Waals surface area contributed by atoms with Gasteiger partial charge in [0.05, 0.1) is 18.5 Å². The molecule has 0 saturated heterocycles. The quantitative estimate of drug-likeness (QED) is 0.626. The monoisotopic (exact) mass is 311 g/mol. The van der Waals surface area contributed by atoms with E-state index in [2.05, 4.69) is 35.9 Å². The molecule has 0 saturated carbocycles. The third kappa shape index (κ3) is 2.38. The molecule has 6 heteroatoms. The molecule has 0 amide bonds. The predicted octanol–water partition coefficient (Wildman–Crippen LogP) is 3.72. The molecular formula is C17H19N4O2+. The lowest BCUT2D eigenvalue weighted by molar-refractivity contribution is 0.0582. The molecule has 0 N–H and O–H groups in total. The molecule has 1 aromatic heterocycles. The van der Waals surface area contributed by atoms with Crippen molar-refractivity contribution < 1.29 is 9.53 Å². The van der Waals surface area contributed by atoms with E-state index in [4.69, 9.17) is 10.1 Å². The highest BCUT2D eigenvalue weighted by atomic mass is 16.5. The molecule has 1 aliphatic carbocycles. The normalized spacial score (nSPS) is 18.8. The van der Waals surface area contributed by atoms with Gasteiger partial charge in [0.25, 0.3) is 0 Å². The van der Waals surface area contributed by atoms with Gasteiger partial charge in [-0.2, -0.15) is 0 Å². The minimum absolute atomic E-state index is 0.0179.